The minimum Gasteiger partial charge on any atom is -0.505 e. The Balaban J connectivity index is 2.44. The lowest BCUT2D eigenvalue weighted by molar-refractivity contribution is 0.0949. The predicted molar refractivity (Wildman–Crippen MR) is 61.1 cm³/mol. The molecule has 1 heterocycles. The Morgan fingerprint density at radius 1 is 1.69 bits per heavy atom. The maximum Gasteiger partial charge on any atom is 0.255 e. The summed E-state index contributed by atoms with van der Waals surface area (Å²) < 4.78 is 0. The Hall–Kier alpha value is -1.62. The van der Waals surface area contributed by atoms with E-state index in [1.165, 1.54) is 18.5 Å². The molecule has 1 aromatic heterocycles. The highest BCUT2D eigenvalue weighted by Gasteiger charge is 2.10. The van der Waals surface area contributed by atoms with E-state index in [1.54, 1.807) is 0 Å². The zero-order valence-corrected chi connectivity index (χ0v) is 9.31. The quantitative estimate of drug-likeness (QED) is 0.683. The van der Waals surface area contributed by atoms with Gasteiger partial charge >= 0.3 is 0 Å². The topological polar surface area (TPSA) is 88.2 Å². The molecule has 4 N–H and O–H groups in total. The van der Waals surface area contributed by atoms with Gasteiger partial charge in [-0.05, 0) is 18.9 Å². The SMILES string of the molecule is CCC(N)CCNC(=O)c1ccncc1O. The van der Waals surface area contributed by atoms with Gasteiger partial charge in [-0.15, -0.1) is 0 Å². The first-order chi connectivity index (χ1) is 7.65. The standard InChI is InChI=1S/C11H17N3O2/c1-2-8(12)3-6-14-11(16)9-4-5-13-7-10(9)15/h4-5,7-8,15H,2-3,6,12H2,1H3,(H,14,16). The van der Waals surface area contributed by atoms with Crippen molar-refractivity contribution in [1.82, 2.24) is 10.3 Å². The van der Waals surface area contributed by atoms with Crippen molar-refractivity contribution in [3.8, 4) is 5.75 Å². The van der Waals surface area contributed by atoms with Gasteiger partial charge in [0.15, 0.2) is 0 Å². The molecule has 0 aliphatic heterocycles. The van der Waals surface area contributed by atoms with Gasteiger partial charge < -0.3 is 16.2 Å². The molecule has 16 heavy (non-hydrogen) atoms. The van der Waals surface area contributed by atoms with Crippen LogP contribution in [0.1, 0.15) is 30.1 Å². The summed E-state index contributed by atoms with van der Waals surface area (Å²) in [6.07, 6.45) is 4.32. The number of nitrogens with two attached hydrogens (primary N) is 1. The molecule has 0 aliphatic rings. The molecule has 1 aromatic rings. The third-order valence-corrected chi connectivity index (χ3v) is 2.37. The lowest BCUT2D eigenvalue weighted by atomic mass is 10.1. The van der Waals surface area contributed by atoms with Crippen LogP contribution in [0.3, 0.4) is 0 Å². The van der Waals surface area contributed by atoms with Gasteiger partial charge in [-0.25, -0.2) is 0 Å². The Bertz CT molecular complexity index is 355. The number of rotatable bonds is 5. The average Bonchev–Trinajstić information content (AvgIpc) is 2.29. The van der Waals surface area contributed by atoms with Gasteiger partial charge in [0.2, 0.25) is 0 Å². The van der Waals surface area contributed by atoms with Crippen LogP contribution in [0.25, 0.3) is 0 Å². The molecule has 1 unspecified atom stereocenters. The summed E-state index contributed by atoms with van der Waals surface area (Å²) in [5.74, 6) is -0.414. The normalized spacial score (nSPS) is 12.1. The monoisotopic (exact) mass is 223 g/mol. The highest BCUT2D eigenvalue weighted by atomic mass is 16.3. The van der Waals surface area contributed by atoms with E-state index in [0.717, 1.165) is 12.8 Å². The van der Waals surface area contributed by atoms with Crippen LogP contribution in [-0.2, 0) is 0 Å². The van der Waals surface area contributed by atoms with Crippen molar-refractivity contribution in [1.29, 1.82) is 0 Å². The van der Waals surface area contributed by atoms with Crippen LogP contribution < -0.4 is 11.1 Å². The number of amides is 1. The minimum absolute atomic E-state index is 0.103. The van der Waals surface area contributed by atoms with Crippen molar-refractivity contribution in [2.45, 2.75) is 25.8 Å². The van der Waals surface area contributed by atoms with Crippen LogP contribution in [0.2, 0.25) is 0 Å². The molecular formula is C11H17N3O2. The fourth-order valence-corrected chi connectivity index (χ4v) is 1.25. The molecule has 0 aromatic carbocycles. The van der Waals surface area contributed by atoms with E-state index < -0.39 is 0 Å². The molecule has 5 heteroatoms. The molecule has 1 rings (SSSR count). The van der Waals surface area contributed by atoms with E-state index in [4.69, 9.17) is 5.73 Å². The van der Waals surface area contributed by atoms with E-state index in [0.29, 0.717) is 6.54 Å². The summed E-state index contributed by atoms with van der Waals surface area (Å²) in [5, 5.41) is 12.1. The fourth-order valence-electron chi connectivity index (χ4n) is 1.25. The van der Waals surface area contributed by atoms with E-state index >= 15 is 0 Å². The molecule has 1 atom stereocenters. The van der Waals surface area contributed by atoms with Crippen molar-refractivity contribution in [3.63, 3.8) is 0 Å². The van der Waals surface area contributed by atoms with Crippen LogP contribution >= 0.6 is 0 Å². The Morgan fingerprint density at radius 2 is 2.44 bits per heavy atom. The number of hydrogen-bond donors (Lipinski definition) is 3. The summed E-state index contributed by atoms with van der Waals surface area (Å²) in [6, 6.07) is 1.58. The van der Waals surface area contributed by atoms with Gasteiger partial charge in [-0.2, -0.15) is 0 Å². The molecule has 0 fully saturated rings. The number of carbonyl (C=O) groups excluding carboxylic acids is 1. The first kappa shape index (κ1) is 12.4. The molecule has 5 nitrogen and oxygen atoms in total. The average molecular weight is 223 g/mol. The van der Waals surface area contributed by atoms with Gasteiger partial charge in [-0.3, -0.25) is 9.78 Å². The molecule has 0 saturated heterocycles. The first-order valence-corrected chi connectivity index (χ1v) is 5.32. The third kappa shape index (κ3) is 3.51. The highest BCUT2D eigenvalue weighted by molar-refractivity contribution is 5.96. The molecule has 1 amide bonds. The molecule has 88 valence electrons. The van der Waals surface area contributed by atoms with Crippen molar-refractivity contribution in [3.05, 3.63) is 24.0 Å². The molecule has 0 aliphatic carbocycles. The number of hydrogen-bond acceptors (Lipinski definition) is 4. The Labute approximate surface area is 94.7 Å². The van der Waals surface area contributed by atoms with Gasteiger partial charge in [-0.1, -0.05) is 6.92 Å². The van der Waals surface area contributed by atoms with Crippen LogP contribution in [0, 0.1) is 0 Å². The van der Waals surface area contributed by atoms with E-state index in [-0.39, 0.29) is 23.3 Å². The van der Waals surface area contributed by atoms with Crippen LogP contribution in [0.4, 0.5) is 0 Å². The lowest BCUT2D eigenvalue weighted by Crippen LogP contribution is -2.30. The second-order valence-corrected chi connectivity index (χ2v) is 3.61. The summed E-state index contributed by atoms with van der Waals surface area (Å²) in [4.78, 5) is 15.3. The zero-order valence-electron chi connectivity index (χ0n) is 9.31. The number of nitrogens with zero attached hydrogens (tertiary/aromatic N) is 1. The number of nitrogens with one attached hydrogen (secondary N) is 1. The molecule has 0 radical (unpaired) electrons. The van der Waals surface area contributed by atoms with Gasteiger partial charge in [0, 0.05) is 18.8 Å². The second kappa shape index (κ2) is 6.07. The van der Waals surface area contributed by atoms with Crippen molar-refractivity contribution in [2.75, 3.05) is 6.54 Å². The lowest BCUT2D eigenvalue weighted by Gasteiger charge is -2.09. The maximum atomic E-state index is 11.6. The zero-order chi connectivity index (χ0) is 12.0. The molecule has 0 bridgehead atoms. The minimum atomic E-state index is -0.303. The maximum absolute atomic E-state index is 11.6. The molecule has 0 saturated carbocycles. The predicted octanol–water partition coefficient (Wildman–Crippen LogP) is 0.644. The summed E-state index contributed by atoms with van der Waals surface area (Å²) >= 11 is 0. The van der Waals surface area contributed by atoms with E-state index in [1.807, 2.05) is 6.92 Å². The summed E-state index contributed by atoms with van der Waals surface area (Å²) in [7, 11) is 0. The van der Waals surface area contributed by atoms with Crippen LogP contribution in [0.15, 0.2) is 18.5 Å². The van der Waals surface area contributed by atoms with Crippen LogP contribution in [0.5, 0.6) is 5.75 Å². The second-order valence-electron chi connectivity index (χ2n) is 3.61. The van der Waals surface area contributed by atoms with Crippen molar-refractivity contribution < 1.29 is 9.90 Å². The fraction of sp³-hybridized carbons (Fsp3) is 0.455. The highest BCUT2D eigenvalue weighted by Crippen LogP contribution is 2.13. The Kier molecular flexibility index (Phi) is 4.72. The smallest absolute Gasteiger partial charge is 0.255 e. The summed E-state index contributed by atoms with van der Waals surface area (Å²) in [6.45, 7) is 2.51. The van der Waals surface area contributed by atoms with Gasteiger partial charge in [0.05, 0.1) is 11.8 Å². The van der Waals surface area contributed by atoms with Gasteiger partial charge in [0.1, 0.15) is 5.75 Å². The van der Waals surface area contributed by atoms with E-state index in [9.17, 15) is 9.90 Å². The number of pyridine rings is 1. The van der Waals surface area contributed by atoms with Crippen molar-refractivity contribution >= 4 is 5.91 Å². The van der Waals surface area contributed by atoms with Crippen LogP contribution in [-0.4, -0.2) is 28.6 Å². The van der Waals surface area contributed by atoms with E-state index in [2.05, 4.69) is 10.3 Å². The van der Waals surface area contributed by atoms with Gasteiger partial charge in [0.25, 0.3) is 5.91 Å². The third-order valence-electron chi connectivity index (χ3n) is 2.37. The molecule has 0 spiro atoms. The largest absolute Gasteiger partial charge is 0.505 e. The van der Waals surface area contributed by atoms with Crippen molar-refractivity contribution in [2.24, 2.45) is 5.73 Å². The summed E-state index contributed by atoms with van der Waals surface area (Å²) in [5.41, 5.74) is 5.95. The molecular weight excluding hydrogens is 206 g/mol. The number of aromatic hydroxyl groups is 1. The Morgan fingerprint density at radius 3 is 3.06 bits per heavy atom. The number of carbonyl (C=O) groups is 1. The first-order valence-electron chi connectivity index (χ1n) is 5.32. The number of aromatic nitrogens is 1.